The van der Waals surface area contributed by atoms with Gasteiger partial charge in [-0.3, -0.25) is 0 Å². The molecule has 4 heteroatoms. The largest absolute Gasteiger partial charge is 0.493 e. The third-order valence-corrected chi connectivity index (χ3v) is 3.16. The fraction of sp³-hybridized carbons (Fsp3) is 0.500. The molecule has 0 amide bonds. The molecule has 16 heavy (non-hydrogen) atoms. The van der Waals surface area contributed by atoms with Crippen LogP contribution in [0.25, 0.3) is 0 Å². The minimum absolute atomic E-state index is 0.304. The van der Waals surface area contributed by atoms with Crippen LogP contribution in [0.2, 0.25) is 0 Å². The molecule has 1 aromatic carbocycles. The van der Waals surface area contributed by atoms with Gasteiger partial charge < -0.3 is 9.47 Å². The molecule has 0 N–H and O–H groups in total. The monoisotopic (exact) mass is 262 g/mol. The lowest BCUT2D eigenvalue weighted by atomic mass is 10.1. The smallest absolute Gasteiger partial charge is 0.161 e. The second-order valence-electron chi connectivity index (χ2n) is 3.46. The van der Waals surface area contributed by atoms with E-state index in [1.807, 2.05) is 24.3 Å². The highest BCUT2D eigenvalue weighted by Gasteiger charge is 2.07. The Labute approximate surface area is 106 Å². The molecule has 90 valence electrons. The Morgan fingerprint density at radius 1 is 1.12 bits per heavy atom. The van der Waals surface area contributed by atoms with Gasteiger partial charge in [0.15, 0.2) is 11.5 Å². The number of benzene rings is 1. The number of ether oxygens (including phenoxy) is 2. The third-order valence-electron chi connectivity index (χ3n) is 2.29. The van der Waals surface area contributed by atoms with Crippen molar-refractivity contribution in [3.05, 3.63) is 24.3 Å². The second kappa shape index (κ2) is 7.64. The van der Waals surface area contributed by atoms with E-state index in [0.717, 1.165) is 17.9 Å². The molecule has 0 aromatic heterocycles. The number of alkyl halides is 2. The van der Waals surface area contributed by atoms with Gasteiger partial charge >= 0.3 is 0 Å². The predicted octanol–water partition coefficient (Wildman–Crippen LogP) is 3.56. The Kier molecular flexibility index (Phi) is 6.43. The summed E-state index contributed by atoms with van der Waals surface area (Å²) in [6, 6.07) is 7.58. The highest BCUT2D eigenvalue weighted by atomic mass is 35.5. The molecule has 0 atom stereocenters. The first-order valence-corrected chi connectivity index (χ1v) is 6.26. The molecule has 0 aliphatic rings. The number of halogens is 2. The number of hydrogen-bond donors (Lipinski definition) is 0. The lowest BCUT2D eigenvalue weighted by Gasteiger charge is -2.13. The van der Waals surface area contributed by atoms with Crippen LogP contribution in [0, 0.1) is 5.92 Å². The van der Waals surface area contributed by atoms with Crippen molar-refractivity contribution >= 4 is 23.2 Å². The van der Waals surface area contributed by atoms with E-state index in [2.05, 4.69) is 0 Å². The normalized spacial score (nSPS) is 10.5. The maximum Gasteiger partial charge on any atom is 0.161 e. The van der Waals surface area contributed by atoms with Crippen molar-refractivity contribution < 1.29 is 9.47 Å². The minimum atomic E-state index is 0.304. The summed E-state index contributed by atoms with van der Waals surface area (Å²) in [6.45, 7) is 0.602. The summed E-state index contributed by atoms with van der Waals surface area (Å²) in [5.41, 5.74) is 0. The van der Waals surface area contributed by atoms with E-state index in [0.29, 0.717) is 24.3 Å². The molecule has 2 nitrogen and oxygen atoms in total. The van der Waals surface area contributed by atoms with Crippen LogP contribution in [0.4, 0.5) is 0 Å². The average molecular weight is 263 g/mol. The Bertz CT molecular complexity index is 301. The topological polar surface area (TPSA) is 18.5 Å². The first-order valence-electron chi connectivity index (χ1n) is 5.19. The molecule has 0 aliphatic heterocycles. The van der Waals surface area contributed by atoms with Crippen LogP contribution >= 0.6 is 23.2 Å². The number of methoxy groups -OCH3 is 1. The predicted molar refractivity (Wildman–Crippen MR) is 68.0 cm³/mol. The van der Waals surface area contributed by atoms with Gasteiger partial charge in [0.25, 0.3) is 0 Å². The molecule has 1 aromatic rings. The lowest BCUT2D eigenvalue weighted by Crippen LogP contribution is -2.10. The molecule has 0 saturated heterocycles. The fourth-order valence-corrected chi connectivity index (χ4v) is 1.91. The van der Waals surface area contributed by atoms with Crippen molar-refractivity contribution in [3.63, 3.8) is 0 Å². The summed E-state index contributed by atoms with van der Waals surface area (Å²) in [4.78, 5) is 0. The summed E-state index contributed by atoms with van der Waals surface area (Å²) in [6.07, 6.45) is 0.852. The Morgan fingerprint density at radius 2 is 1.75 bits per heavy atom. The van der Waals surface area contributed by atoms with E-state index < -0.39 is 0 Å². The van der Waals surface area contributed by atoms with Crippen LogP contribution in [0.15, 0.2) is 24.3 Å². The van der Waals surface area contributed by atoms with Crippen LogP contribution in [-0.2, 0) is 0 Å². The van der Waals surface area contributed by atoms with Gasteiger partial charge in [-0.1, -0.05) is 12.1 Å². The number of rotatable bonds is 7. The molecule has 0 aliphatic carbocycles. The fourth-order valence-electron chi connectivity index (χ4n) is 1.27. The first-order chi connectivity index (χ1) is 7.81. The van der Waals surface area contributed by atoms with Crippen molar-refractivity contribution in [1.82, 2.24) is 0 Å². The summed E-state index contributed by atoms with van der Waals surface area (Å²) in [7, 11) is 1.63. The highest BCUT2D eigenvalue weighted by Crippen LogP contribution is 2.26. The maximum atomic E-state index is 5.74. The van der Waals surface area contributed by atoms with E-state index in [-0.39, 0.29) is 0 Å². The van der Waals surface area contributed by atoms with Crippen LogP contribution in [0.3, 0.4) is 0 Å². The van der Waals surface area contributed by atoms with E-state index in [9.17, 15) is 0 Å². The molecule has 0 bridgehead atoms. The van der Waals surface area contributed by atoms with Crippen LogP contribution in [0.1, 0.15) is 6.42 Å². The molecule has 0 spiro atoms. The molecule has 0 fully saturated rings. The lowest BCUT2D eigenvalue weighted by molar-refractivity contribution is 0.274. The molecule has 0 radical (unpaired) electrons. The average Bonchev–Trinajstić information content (AvgIpc) is 2.35. The van der Waals surface area contributed by atoms with Gasteiger partial charge in [-0.05, 0) is 24.5 Å². The third kappa shape index (κ3) is 4.11. The van der Waals surface area contributed by atoms with Gasteiger partial charge in [0.05, 0.1) is 13.7 Å². The maximum absolute atomic E-state index is 5.74. The van der Waals surface area contributed by atoms with Crippen molar-refractivity contribution in [2.45, 2.75) is 6.42 Å². The van der Waals surface area contributed by atoms with Crippen molar-refractivity contribution in [2.24, 2.45) is 5.92 Å². The molecule has 1 rings (SSSR count). The van der Waals surface area contributed by atoms with Gasteiger partial charge in [-0.2, -0.15) is 0 Å². The zero-order chi connectivity index (χ0) is 11.8. The summed E-state index contributed by atoms with van der Waals surface area (Å²) >= 11 is 11.5. The quantitative estimate of drug-likeness (QED) is 0.700. The van der Waals surface area contributed by atoms with Gasteiger partial charge in [0, 0.05) is 11.8 Å². The SMILES string of the molecule is COc1ccccc1OCCC(CCl)CCl. The molecular weight excluding hydrogens is 247 g/mol. The number of para-hydroxylation sites is 2. The Balaban J connectivity index is 2.42. The zero-order valence-corrected chi connectivity index (χ0v) is 10.8. The first kappa shape index (κ1) is 13.5. The van der Waals surface area contributed by atoms with E-state index in [1.54, 1.807) is 7.11 Å². The molecule has 0 unspecified atom stereocenters. The highest BCUT2D eigenvalue weighted by molar-refractivity contribution is 6.20. The summed E-state index contributed by atoms with van der Waals surface area (Å²) in [5, 5.41) is 0. The van der Waals surface area contributed by atoms with Gasteiger partial charge in [-0.25, -0.2) is 0 Å². The van der Waals surface area contributed by atoms with Crippen LogP contribution in [0.5, 0.6) is 11.5 Å². The van der Waals surface area contributed by atoms with E-state index in [1.165, 1.54) is 0 Å². The molecular formula is C12H16Cl2O2. The van der Waals surface area contributed by atoms with Gasteiger partial charge in [-0.15, -0.1) is 23.2 Å². The zero-order valence-electron chi connectivity index (χ0n) is 9.29. The minimum Gasteiger partial charge on any atom is -0.493 e. The standard InChI is InChI=1S/C12H16Cl2O2/c1-15-11-4-2-3-5-12(11)16-7-6-10(8-13)9-14/h2-5,10H,6-9H2,1H3. The van der Waals surface area contributed by atoms with Crippen LogP contribution < -0.4 is 9.47 Å². The second-order valence-corrected chi connectivity index (χ2v) is 4.08. The molecule has 0 heterocycles. The molecule has 0 saturated carbocycles. The van der Waals surface area contributed by atoms with E-state index in [4.69, 9.17) is 32.7 Å². The van der Waals surface area contributed by atoms with E-state index >= 15 is 0 Å². The number of hydrogen-bond acceptors (Lipinski definition) is 2. The van der Waals surface area contributed by atoms with Crippen molar-refractivity contribution in [1.29, 1.82) is 0 Å². The van der Waals surface area contributed by atoms with Gasteiger partial charge in [0.1, 0.15) is 0 Å². The Morgan fingerprint density at radius 3 is 2.31 bits per heavy atom. The summed E-state index contributed by atoms with van der Waals surface area (Å²) in [5.74, 6) is 2.94. The van der Waals surface area contributed by atoms with Crippen LogP contribution in [-0.4, -0.2) is 25.5 Å². The Hall–Kier alpha value is -0.600. The van der Waals surface area contributed by atoms with Crippen molar-refractivity contribution in [3.8, 4) is 11.5 Å². The van der Waals surface area contributed by atoms with Crippen molar-refractivity contribution in [2.75, 3.05) is 25.5 Å². The summed E-state index contributed by atoms with van der Waals surface area (Å²) < 4.78 is 10.8. The van der Waals surface area contributed by atoms with Gasteiger partial charge in [0.2, 0.25) is 0 Å².